The molecule has 11 heteroatoms. The molecule has 0 saturated carbocycles. The zero-order chi connectivity index (χ0) is 25.1. The van der Waals surface area contributed by atoms with Gasteiger partial charge in [-0.25, -0.2) is 0 Å². The second-order valence-corrected chi connectivity index (χ2v) is 7.99. The number of hydrogen-bond acceptors (Lipinski definition) is 4. The molecular formula is C23H23BF5N3O2. The summed E-state index contributed by atoms with van der Waals surface area (Å²) in [6.45, 7) is 3.37. The van der Waals surface area contributed by atoms with E-state index in [2.05, 4.69) is 5.32 Å². The second-order valence-electron chi connectivity index (χ2n) is 7.99. The summed E-state index contributed by atoms with van der Waals surface area (Å²) in [5.74, 6) is -4.27. The Kier molecular flexibility index (Phi) is 7.43. The number of carbonyl (C=O) groups excluding carboxylic acids is 2. The summed E-state index contributed by atoms with van der Waals surface area (Å²) in [7, 11) is 1.71. The Morgan fingerprint density at radius 1 is 0.971 bits per heavy atom. The van der Waals surface area contributed by atoms with Crippen LogP contribution in [0.1, 0.15) is 38.8 Å². The number of hydrogen-bond donors (Lipinski definition) is 1. The first-order valence-electron chi connectivity index (χ1n) is 10.5. The quantitative estimate of drug-likeness (QED) is 0.394. The topological polar surface area (TPSA) is 52.7 Å². The molecule has 0 bridgehead atoms. The van der Waals surface area contributed by atoms with Crippen molar-refractivity contribution in [1.82, 2.24) is 15.1 Å². The fraction of sp³-hybridized carbons (Fsp3) is 0.348. The van der Waals surface area contributed by atoms with Gasteiger partial charge in [-0.1, -0.05) is 0 Å². The van der Waals surface area contributed by atoms with Crippen LogP contribution in [0.15, 0.2) is 42.5 Å². The SMILES string of the molecule is CN/C(=B\c1ccccc1C=O)N1CCN(C(=O)c2cc(C(C)(F)F)cc(C(F)(F)F)c2)CC1. The Hall–Kier alpha value is -3.24. The van der Waals surface area contributed by atoms with Gasteiger partial charge in [0.15, 0.2) is 0 Å². The molecule has 5 nitrogen and oxygen atoms in total. The maximum atomic E-state index is 13.8. The summed E-state index contributed by atoms with van der Waals surface area (Å²) in [5.41, 5.74) is -0.659. The third-order valence-corrected chi connectivity index (χ3v) is 5.59. The zero-order valence-electron chi connectivity index (χ0n) is 18.6. The van der Waals surface area contributed by atoms with Crippen molar-refractivity contribution in [2.75, 3.05) is 33.2 Å². The molecule has 1 heterocycles. The molecule has 1 amide bonds. The predicted octanol–water partition coefficient (Wildman–Crippen LogP) is 2.72. The number of aldehydes is 1. The number of rotatable bonds is 6. The van der Waals surface area contributed by atoms with Crippen molar-refractivity contribution < 1.29 is 31.5 Å². The molecule has 1 aliphatic heterocycles. The van der Waals surface area contributed by atoms with Crippen LogP contribution in [0.3, 0.4) is 0 Å². The molecule has 0 spiro atoms. The van der Waals surface area contributed by atoms with Crippen LogP contribution in [-0.4, -0.2) is 67.9 Å². The van der Waals surface area contributed by atoms with Crippen LogP contribution >= 0.6 is 0 Å². The second kappa shape index (κ2) is 9.94. The van der Waals surface area contributed by atoms with Crippen LogP contribution in [0, 0.1) is 0 Å². The summed E-state index contributed by atoms with van der Waals surface area (Å²) in [4.78, 5) is 27.5. The first-order chi connectivity index (χ1) is 15.9. The van der Waals surface area contributed by atoms with Crippen LogP contribution in [0.25, 0.3) is 0 Å². The van der Waals surface area contributed by atoms with E-state index in [1.807, 2.05) is 4.90 Å². The summed E-state index contributed by atoms with van der Waals surface area (Å²) >= 11 is 0. The van der Waals surface area contributed by atoms with Gasteiger partial charge < -0.3 is 0 Å². The summed E-state index contributed by atoms with van der Waals surface area (Å²) in [6.07, 6.45) is -4.11. The molecule has 0 unspecified atom stereocenters. The van der Waals surface area contributed by atoms with Crippen LogP contribution in [-0.2, 0) is 12.1 Å². The molecule has 1 saturated heterocycles. The van der Waals surface area contributed by atoms with Crippen molar-refractivity contribution in [2.45, 2.75) is 19.0 Å². The molecule has 180 valence electrons. The van der Waals surface area contributed by atoms with E-state index in [0.717, 1.165) is 12.4 Å². The molecular weight excluding hydrogens is 456 g/mol. The number of nitrogens with zero attached hydrogens (tertiary/aromatic N) is 2. The van der Waals surface area contributed by atoms with Crippen molar-refractivity contribution in [3.63, 3.8) is 0 Å². The first kappa shape index (κ1) is 25.4. The van der Waals surface area contributed by atoms with Gasteiger partial charge in [0.05, 0.1) is 0 Å². The Morgan fingerprint density at radius 2 is 1.56 bits per heavy atom. The van der Waals surface area contributed by atoms with E-state index in [0.29, 0.717) is 48.9 Å². The molecule has 34 heavy (non-hydrogen) atoms. The van der Waals surface area contributed by atoms with E-state index < -0.39 is 34.7 Å². The molecule has 1 N–H and O–H groups in total. The van der Waals surface area contributed by atoms with Gasteiger partial charge in [-0.2, -0.15) is 0 Å². The minimum atomic E-state index is -4.86. The molecule has 2 aromatic rings. The average Bonchev–Trinajstić information content (AvgIpc) is 2.81. The molecule has 0 radical (unpaired) electrons. The molecule has 0 aliphatic carbocycles. The number of nitrogens with one attached hydrogen (secondary N) is 1. The van der Waals surface area contributed by atoms with Crippen LogP contribution < -0.4 is 10.8 Å². The molecule has 1 fully saturated rings. The van der Waals surface area contributed by atoms with Gasteiger partial charge in [-0.3, -0.25) is 0 Å². The van der Waals surface area contributed by atoms with Crippen molar-refractivity contribution in [1.29, 1.82) is 0 Å². The van der Waals surface area contributed by atoms with Gasteiger partial charge >= 0.3 is 194 Å². The first-order valence-corrected chi connectivity index (χ1v) is 10.5. The molecule has 1 aliphatic rings. The normalized spacial score (nSPS) is 15.1. The summed E-state index contributed by atoms with van der Waals surface area (Å²) in [5, 5.41) is 3.05. The Labute approximate surface area is 194 Å². The van der Waals surface area contributed by atoms with E-state index in [9.17, 15) is 31.5 Å². The fourth-order valence-electron chi connectivity index (χ4n) is 3.72. The van der Waals surface area contributed by atoms with Gasteiger partial charge in [-0.05, 0) is 0 Å². The van der Waals surface area contributed by atoms with E-state index in [-0.39, 0.29) is 13.1 Å². The number of carbonyl (C=O) groups is 2. The predicted molar refractivity (Wildman–Crippen MR) is 120 cm³/mol. The summed E-state index contributed by atoms with van der Waals surface area (Å²) in [6, 6.07) is 8.82. The average molecular weight is 479 g/mol. The van der Waals surface area contributed by atoms with Crippen molar-refractivity contribution in [2.24, 2.45) is 0 Å². The maximum absolute atomic E-state index is 13.8. The van der Waals surface area contributed by atoms with Crippen molar-refractivity contribution in [3.8, 4) is 0 Å². The molecule has 0 aromatic heterocycles. The molecule has 2 aromatic carbocycles. The number of amides is 1. The minimum absolute atomic E-state index is 0.182. The standard InChI is InChI=1S/C23H23BF5N3O2/c1-22(25,26)17-11-16(12-18(13-17)23(27,28)29)20(34)31-7-9-32(10-8-31)21(30-2)24-19-6-4-3-5-15(19)14-33/h3-6,11-14,30H,7-10H2,1-2H3. The molecule has 3 rings (SSSR count). The van der Waals surface area contributed by atoms with Gasteiger partial charge in [0, 0.05) is 0 Å². The molecule has 0 atom stereocenters. The Balaban J connectivity index is 1.79. The van der Waals surface area contributed by atoms with E-state index in [1.54, 1.807) is 38.2 Å². The monoisotopic (exact) mass is 479 g/mol. The van der Waals surface area contributed by atoms with Crippen LogP contribution in [0.5, 0.6) is 0 Å². The number of benzene rings is 2. The Morgan fingerprint density at radius 3 is 2.12 bits per heavy atom. The third-order valence-electron chi connectivity index (χ3n) is 5.59. The van der Waals surface area contributed by atoms with Gasteiger partial charge in [0.1, 0.15) is 0 Å². The van der Waals surface area contributed by atoms with Gasteiger partial charge in [0.25, 0.3) is 0 Å². The van der Waals surface area contributed by atoms with E-state index >= 15 is 0 Å². The van der Waals surface area contributed by atoms with E-state index in [4.69, 9.17) is 0 Å². The van der Waals surface area contributed by atoms with Gasteiger partial charge in [-0.15, -0.1) is 0 Å². The zero-order valence-corrected chi connectivity index (χ0v) is 18.6. The van der Waals surface area contributed by atoms with Crippen molar-refractivity contribution in [3.05, 3.63) is 64.7 Å². The number of piperazine rings is 1. The van der Waals surface area contributed by atoms with Crippen molar-refractivity contribution >= 4 is 30.3 Å². The number of alkyl halides is 5. The van der Waals surface area contributed by atoms with E-state index in [1.165, 1.54) is 4.90 Å². The summed E-state index contributed by atoms with van der Waals surface area (Å²) < 4.78 is 67.3. The van der Waals surface area contributed by atoms with Crippen LogP contribution in [0.2, 0.25) is 0 Å². The Bertz CT molecular complexity index is 1060. The fourth-order valence-corrected chi connectivity index (χ4v) is 3.72. The van der Waals surface area contributed by atoms with Gasteiger partial charge in [0.2, 0.25) is 0 Å². The third kappa shape index (κ3) is 5.81. The van der Waals surface area contributed by atoms with Crippen LogP contribution in [0.4, 0.5) is 22.0 Å². The number of halogens is 5.